The number of fused-ring (bicyclic) bond motifs is 1. The molecule has 1 saturated heterocycles. The average molecular weight is 373 g/mol. The molecule has 0 spiro atoms. The van der Waals surface area contributed by atoms with Crippen LogP contribution in [0, 0.1) is 0 Å². The first-order chi connectivity index (χ1) is 13.1. The number of hydrogen-bond acceptors (Lipinski definition) is 6. The summed E-state index contributed by atoms with van der Waals surface area (Å²) < 4.78 is 16.0. The van der Waals surface area contributed by atoms with Crippen LogP contribution in [0.4, 0.5) is 0 Å². The molecular formula is C20H23NO6. The van der Waals surface area contributed by atoms with E-state index in [0.29, 0.717) is 29.5 Å². The third-order valence-corrected chi connectivity index (χ3v) is 4.53. The number of benzene rings is 1. The Morgan fingerprint density at radius 1 is 1.15 bits per heavy atom. The fourth-order valence-electron chi connectivity index (χ4n) is 3.16. The molecule has 3 rings (SSSR count). The van der Waals surface area contributed by atoms with Crippen LogP contribution in [0.1, 0.15) is 48.7 Å². The summed E-state index contributed by atoms with van der Waals surface area (Å²) in [6, 6.07) is 7.14. The van der Waals surface area contributed by atoms with E-state index in [4.69, 9.17) is 13.9 Å². The first-order valence-electron chi connectivity index (χ1n) is 9.21. The van der Waals surface area contributed by atoms with Gasteiger partial charge in [0, 0.05) is 18.4 Å². The Balaban J connectivity index is 1.72. The largest absolute Gasteiger partial charge is 0.460 e. The minimum Gasteiger partial charge on any atom is -0.460 e. The number of nitrogens with zero attached hydrogens (tertiary/aromatic N) is 1. The normalized spacial score (nSPS) is 14.9. The molecule has 7 nitrogen and oxygen atoms in total. The van der Waals surface area contributed by atoms with E-state index in [9.17, 15) is 14.4 Å². The van der Waals surface area contributed by atoms with Crippen molar-refractivity contribution in [2.24, 2.45) is 0 Å². The Morgan fingerprint density at radius 3 is 2.78 bits per heavy atom. The number of para-hydroxylation sites is 1. The van der Waals surface area contributed by atoms with E-state index in [-0.39, 0.29) is 31.4 Å². The maximum absolute atomic E-state index is 12.2. The van der Waals surface area contributed by atoms with Gasteiger partial charge in [-0.3, -0.25) is 9.59 Å². The number of carbonyl (C=O) groups excluding carboxylic acids is 3. The summed E-state index contributed by atoms with van der Waals surface area (Å²) in [6.45, 7) is 2.29. The van der Waals surface area contributed by atoms with Gasteiger partial charge in [0.1, 0.15) is 18.7 Å². The van der Waals surface area contributed by atoms with Gasteiger partial charge in [0.05, 0.1) is 12.2 Å². The number of amides is 1. The molecule has 2 heterocycles. The molecule has 2 aromatic rings. The summed E-state index contributed by atoms with van der Waals surface area (Å²) in [5.74, 6) is -1.09. The zero-order chi connectivity index (χ0) is 19.2. The quantitative estimate of drug-likeness (QED) is 0.724. The van der Waals surface area contributed by atoms with Crippen LogP contribution in [0.5, 0.6) is 0 Å². The molecule has 1 fully saturated rings. The zero-order valence-electron chi connectivity index (χ0n) is 15.4. The van der Waals surface area contributed by atoms with Gasteiger partial charge >= 0.3 is 11.9 Å². The summed E-state index contributed by atoms with van der Waals surface area (Å²) in [6.07, 6.45) is 3.19. The molecule has 0 unspecified atom stereocenters. The van der Waals surface area contributed by atoms with E-state index in [0.717, 1.165) is 19.3 Å². The molecular weight excluding hydrogens is 350 g/mol. The van der Waals surface area contributed by atoms with Crippen LogP contribution in [0.3, 0.4) is 0 Å². The first-order valence-corrected chi connectivity index (χ1v) is 9.21. The number of likely N-dealkylation sites (tertiary alicyclic amines) is 1. The minimum absolute atomic E-state index is 0.0228. The third-order valence-electron chi connectivity index (χ3n) is 4.53. The van der Waals surface area contributed by atoms with Crippen molar-refractivity contribution < 1.29 is 28.3 Å². The Bertz CT molecular complexity index is 840. The molecule has 144 valence electrons. The zero-order valence-corrected chi connectivity index (χ0v) is 15.4. The monoisotopic (exact) mass is 373 g/mol. The number of furan rings is 1. The van der Waals surface area contributed by atoms with Crippen LogP contribution in [-0.4, -0.2) is 42.4 Å². The molecule has 7 heteroatoms. The molecule has 0 radical (unpaired) electrons. The molecule has 0 saturated carbocycles. The number of esters is 2. The van der Waals surface area contributed by atoms with Crippen molar-refractivity contribution in [3.8, 4) is 0 Å². The van der Waals surface area contributed by atoms with Crippen LogP contribution >= 0.6 is 0 Å². The molecule has 1 aliphatic heterocycles. The highest BCUT2D eigenvalue weighted by Crippen LogP contribution is 2.27. The predicted molar refractivity (Wildman–Crippen MR) is 97.0 cm³/mol. The Morgan fingerprint density at radius 2 is 1.96 bits per heavy atom. The lowest BCUT2D eigenvalue weighted by molar-refractivity contribution is -0.150. The summed E-state index contributed by atoms with van der Waals surface area (Å²) in [4.78, 5) is 38.0. The van der Waals surface area contributed by atoms with Gasteiger partial charge < -0.3 is 18.8 Å². The second kappa shape index (κ2) is 8.70. The van der Waals surface area contributed by atoms with E-state index >= 15 is 0 Å². The Hall–Kier alpha value is -2.83. The van der Waals surface area contributed by atoms with Crippen molar-refractivity contribution in [3.05, 3.63) is 35.6 Å². The lowest BCUT2D eigenvalue weighted by Gasteiger charge is -2.19. The van der Waals surface area contributed by atoms with Crippen LogP contribution in [0.15, 0.2) is 28.7 Å². The molecule has 1 aromatic carbocycles. The third kappa shape index (κ3) is 4.48. The smallest absolute Gasteiger partial charge is 0.374 e. The molecule has 0 bridgehead atoms. The highest BCUT2D eigenvalue weighted by molar-refractivity contribution is 5.96. The van der Waals surface area contributed by atoms with E-state index in [1.807, 2.05) is 6.07 Å². The predicted octanol–water partition coefficient (Wildman–Crippen LogP) is 3.06. The maximum Gasteiger partial charge on any atom is 0.374 e. The molecule has 27 heavy (non-hydrogen) atoms. The molecule has 0 N–H and O–H groups in total. The van der Waals surface area contributed by atoms with Gasteiger partial charge in [-0.05, 0) is 25.8 Å². The van der Waals surface area contributed by atoms with E-state index in [1.165, 1.54) is 4.90 Å². The summed E-state index contributed by atoms with van der Waals surface area (Å²) in [5.41, 5.74) is 0.994. The molecule has 0 aliphatic carbocycles. The maximum atomic E-state index is 12.2. The summed E-state index contributed by atoms with van der Waals surface area (Å²) >= 11 is 0. The standard InChI is InChI=1S/C20H23NO6/c1-2-25-20(24)19-15(14-8-5-6-9-16(14)27-19)13-26-18(23)12-21-11-7-3-4-10-17(21)22/h5-6,8-9H,2-4,7,10-13H2,1H3. The van der Waals surface area contributed by atoms with Crippen molar-refractivity contribution in [1.82, 2.24) is 4.90 Å². The summed E-state index contributed by atoms with van der Waals surface area (Å²) in [7, 11) is 0. The van der Waals surface area contributed by atoms with Crippen molar-refractivity contribution >= 4 is 28.8 Å². The van der Waals surface area contributed by atoms with E-state index in [2.05, 4.69) is 0 Å². The van der Waals surface area contributed by atoms with Gasteiger partial charge in [-0.1, -0.05) is 24.6 Å². The fourth-order valence-corrected chi connectivity index (χ4v) is 3.16. The summed E-state index contributed by atoms with van der Waals surface area (Å²) in [5, 5.41) is 0.694. The van der Waals surface area contributed by atoms with Gasteiger partial charge in [0.2, 0.25) is 11.7 Å². The minimum atomic E-state index is -0.595. The Labute approximate surface area is 157 Å². The van der Waals surface area contributed by atoms with Crippen molar-refractivity contribution in [1.29, 1.82) is 0 Å². The van der Waals surface area contributed by atoms with Crippen molar-refractivity contribution in [2.75, 3.05) is 19.7 Å². The van der Waals surface area contributed by atoms with Crippen LogP contribution in [-0.2, 0) is 25.7 Å². The second-order valence-corrected chi connectivity index (χ2v) is 6.41. The van der Waals surface area contributed by atoms with Gasteiger partial charge in [-0.2, -0.15) is 0 Å². The lowest BCUT2D eigenvalue weighted by atomic mass is 10.1. The topological polar surface area (TPSA) is 86.1 Å². The van der Waals surface area contributed by atoms with Crippen molar-refractivity contribution in [3.63, 3.8) is 0 Å². The van der Waals surface area contributed by atoms with Gasteiger partial charge in [0.25, 0.3) is 0 Å². The van der Waals surface area contributed by atoms with Gasteiger partial charge in [-0.15, -0.1) is 0 Å². The second-order valence-electron chi connectivity index (χ2n) is 6.41. The highest BCUT2D eigenvalue weighted by Gasteiger charge is 2.24. The molecule has 1 aromatic heterocycles. The van der Waals surface area contributed by atoms with Crippen molar-refractivity contribution in [2.45, 2.75) is 39.2 Å². The number of rotatable bonds is 6. The van der Waals surface area contributed by atoms with Gasteiger partial charge in [-0.25, -0.2) is 4.79 Å². The first kappa shape index (κ1) is 18.9. The molecule has 1 amide bonds. The number of ether oxygens (including phenoxy) is 2. The van der Waals surface area contributed by atoms with Crippen LogP contribution < -0.4 is 0 Å². The van der Waals surface area contributed by atoms with Crippen LogP contribution in [0.25, 0.3) is 11.0 Å². The number of carbonyl (C=O) groups is 3. The SMILES string of the molecule is CCOC(=O)c1oc2ccccc2c1COC(=O)CN1CCCCCC1=O. The number of hydrogen-bond donors (Lipinski definition) is 0. The van der Waals surface area contributed by atoms with Gasteiger partial charge in [0.15, 0.2) is 0 Å². The van der Waals surface area contributed by atoms with E-state index in [1.54, 1.807) is 25.1 Å². The Kier molecular flexibility index (Phi) is 6.11. The lowest BCUT2D eigenvalue weighted by Crippen LogP contribution is -2.35. The van der Waals surface area contributed by atoms with Crippen LogP contribution in [0.2, 0.25) is 0 Å². The highest BCUT2D eigenvalue weighted by atomic mass is 16.5. The van der Waals surface area contributed by atoms with E-state index < -0.39 is 11.9 Å². The average Bonchev–Trinajstić information content (AvgIpc) is 2.92. The molecule has 0 atom stereocenters. The molecule has 1 aliphatic rings. The fraction of sp³-hybridized carbons (Fsp3) is 0.450.